The smallest absolute Gasteiger partial charge is 0.111 e. The first-order chi connectivity index (χ1) is 5.91. The van der Waals surface area contributed by atoms with E-state index in [1.165, 1.54) is 0 Å². The Labute approximate surface area is 80.6 Å². The van der Waals surface area contributed by atoms with Crippen LogP contribution in [0.1, 0.15) is 20.8 Å². The highest BCUT2D eigenvalue weighted by atomic mass is 16.3. The molecule has 0 aromatic rings. The van der Waals surface area contributed by atoms with E-state index in [2.05, 4.69) is 13.2 Å². The molecule has 0 aromatic carbocycles. The highest BCUT2D eigenvalue weighted by Crippen LogP contribution is 2.27. The van der Waals surface area contributed by atoms with Gasteiger partial charge >= 0.3 is 0 Å². The molecule has 13 heavy (non-hydrogen) atoms. The van der Waals surface area contributed by atoms with Crippen LogP contribution in [0.4, 0.5) is 0 Å². The van der Waals surface area contributed by atoms with Gasteiger partial charge in [-0.15, -0.1) is 0 Å². The maximum atomic E-state index is 9.14. The van der Waals surface area contributed by atoms with E-state index < -0.39 is 0 Å². The van der Waals surface area contributed by atoms with E-state index in [9.17, 15) is 0 Å². The Kier molecular flexibility index (Phi) is 4.78. The van der Waals surface area contributed by atoms with Crippen LogP contribution in [0.2, 0.25) is 0 Å². The predicted molar refractivity (Wildman–Crippen MR) is 55.5 cm³/mol. The summed E-state index contributed by atoms with van der Waals surface area (Å²) in [6.07, 6.45) is 0. The minimum Gasteiger partial charge on any atom is -0.508 e. The summed E-state index contributed by atoms with van der Waals surface area (Å²) in [4.78, 5) is 0. The summed E-state index contributed by atoms with van der Waals surface area (Å²) < 4.78 is 0. The van der Waals surface area contributed by atoms with Gasteiger partial charge in [-0.3, -0.25) is 0 Å². The molecular formula is C11H20O2. The van der Waals surface area contributed by atoms with Crippen LogP contribution in [0.25, 0.3) is 0 Å². The van der Waals surface area contributed by atoms with E-state index >= 15 is 0 Å². The molecule has 0 spiro atoms. The van der Waals surface area contributed by atoms with Gasteiger partial charge in [0.25, 0.3) is 0 Å². The van der Waals surface area contributed by atoms with Gasteiger partial charge < -0.3 is 10.2 Å². The fourth-order valence-electron chi connectivity index (χ4n) is 1.24. The molecule has 0 saturated carbocycles. The van der Waals surface area contributed by atoms with Gasteiger partial charge in [0.05, 0.1) is 0 Å². The summed E-state index contributed by atoms with van der Waals surface area (Å²) in [6, 6.07) is 0. The lowest BCUT2D eigenvalue weighted by Crippen LogP contribution is -2.21. The first-order valence-corrected chi connectivity index (χ1v) is 4.59. The normalized spacial score (nSPS) is 17.5. The monoisotopic (exact) mass is 184 g/mol. The Bertz CT molecular complexity index is 196. The van der Waals surface area contributed by atoms with E-state index in [1.807, 2.05) is 20.8 Å². The second kappa shape index (κ2) is 5.07. The van der Waals surface area contributed by atoms with Crippen molar-refractivity contribution >= 4 is 0 Å². The van der Waals surface area contributed by atoms with Crippen LogP contribution < -0.4 is 0 Å². The summed E-state index contributed by atoms with van der Waals surface area (Å²) in [5.41, 5.74) is 0.660. The number of hydrogen-bond donors (Lipinski definition) is 2. The zero-order valence-corrected chi connectivity index (χ0v) is 8.75. The Hall–Kier alpha value is -0.760. The molecule has 0 aliphatic heterocycles. The van der Waals surface area contributed by atoms with Gasteiger partial charge in [-0.05, 0) is 23.3 Å². The second-order valence-corrected chi connectivity index (χ2v) is 3.78. The molecule has 0 amide bonds. The van der Waals surface area contributed by atoms with Crippen molar-refractivity contribution in [3.63, 3.8) is 0 Å². The average molecular weight is 184 g/mol. The molecule has 0 unspecified atom stereocenters. The summed E-state index contributed by atoms with van der Waals surface area (Å²) in [5, 5.41) is 18.1. The fourth-order valence-corrected chi connectivity index (χ4v) is 1.24. The van der Waals surface area contributed by atoms with Crippen molar-refractivity contribution in [1.82, 2.24) is 0 Å². The third-order valence-electron chi connectivity index (χ3n) is 2.89. The fraction of sp³-hybridized carbons (Fsp3) is 0.636. The predicted octanol–water partition coefficient (Wildman–Crippen LogP) is 2.51. The lowest BCUT2D eigenvalue weighted by atomic mass is 9.81. The minimum absolute atomic E-state index is 0.0458. The number of hydrogen-bond acceptors (Lipinski definition) is 2. The van der Waals surface area contributed by atoms with Crippen LogP contribution in [0.3, 0.4) is 0 Å². The van der Waals surface area contributed by atoms with Crippen LogP contribution >= 0.6 is 0 Å². The Morgan fingerprint density at radius 3 is 2.00 bits per heavy atom. The molecule has 0 radical (unpaired) electrons. The van der Waals surface area contributed by atoms with Crippen LogP contribution in [-0.4, -0.2) is 16.8 Å². The van der Waals surface area contributed by atoms with Crippen molar-refractivity contribution in [2.45, 2.75) is 20.8 Å². The molecule has 2 nitrogen and oxygen atoms in total. The van der Waals surface area contributed by atoms with Gasteiger partial charge in [0.2, 0.25) is 0 Å². The van der Waals surface area contributed by atoms with E-state index in [-0.39, 0.29) is 24.2 Å². The van der Waals surface area contributed by atoms with E-state index in [0.717, 1.165) is 0 Å². The van der Waals surface area contributed by atoms with Crippen LogP contribution in [0.15, 0.2) is 24.5 Å². The van der Waals surface area contributed by atoms with E-state index in [4.69, 9.17) is 10.2 Å². The van der Waals surface area contributed by atoms with Crippen molar-refractivity contribution in [1.29, 1.82) is 0 Å². The Balaban J connectivity index is 4.33. The molecule has 0 rings (SSSR count). The van der Waals surface area contributed by atoms with Crippen LogP contribution in [0.5, 0.6) is 0 Å². The van der Waals surface area contributed by atoms with Crippen molar-refractivity contribution in [2.24, 2.45) is 17.8 Å². The molecule has 0 aliphatic carbocycles. The largest absolute Gasteiger partial charge is 0.508 e. The summed E-state index contributed by atoms with van der Waals surface area (Å²) in [6.45, 7) is 13.4. The third kappa shape index (κ3) is 3.23. The number of aliphatic hydroxyl groups excluding tert-OH is 2. The molecule has 3 atom stereocenters. The maximum Gasteiger partial charge on any atom is 0.111 e. The molecule has 0 fully saturated rings. The Morgan fingerprint density at radius 1 is 1.23 bits per heavy atom. The molecular weight excluding hydrogens is 164 g/mol. The van der Waals surface area contributed by atoms with Gasteiger partial charge in [0.15, 0.2) is 0 Å². The van der Waals surface area contributed by atoms with Gasteiger partial charge in [0.1, 0.15) is 5.76 Å². The van der Waals surface area contributed by atoms with Crippen molar-refractivity contribution < 1.29 is 10.2 Å². The number of allylic oxidation sites excluding steroid dienone is 1. The van der Waals surface area contributed by atoms with Crippen molar-refractivity contribution in [3.05, 3.63) is 24.5 Å². The molecule has 0 aromatic heterocycles. The molecule has 0 aliphatic rings. The van der Waals surface area contributed by atoms with Crippen molar-refractivity contribution in [3.8, 4) is 0 Å². The highest BCUT2D eigenvalue weighted by Gasteiger charge is 2.21. The van der Waals surface area contributed by atoms with Crippen LogP contribution in [-0.2, 0) is 0 Å². The zero-order valence-electron chi connectivity index (χ0n) is 8.75. The summed E-state index contributed by atoms with van der Waals surface area (Å²) >= 11 is 0. The quantitative estimate of drug-likeness (QED) is 0.509. The molecule has 0 bridgehead atoms. The van der Waals surface area contributed by atoms with Gasteiger partial charge in [-0.1, -0.05) is 33.9 Å². The minimum atomic E-state index is 0.0458. The van der Waals surface area contributed by atoms with Gasteiger partial charge in [-0.2, -0.15) is 0 Å². The highest BCUT2D eigenvalue weighted by molar-refractivity contribution is 5.21. The first kappa shape index (κ1) is 12.2. The maximum absolute atomic E-state index is 9.14. The van der Waals surface area contributed by atoms with E-state index in [0.29, 0.717) is 11.5 Å². The standard InChI is InChI=1S/C11H20O2/c1-7(6-12)8(2)9(3)10(4)11(5)13/h7-9,12-13H,4-6H2,1-3H3/t7-,8+,9+/m1/s1. The molecule has 0 saturated heterocycles. The third-order valence-corrected chi connectivity index (χ3v) is 2.89. The topological polar surface area (TPSA) is 40.5 Å². The summed E-state index contributed by atoms with van der Waals surface area (Å²) in [5.74, 6) is 0.705. The van der Waals surface area contributed by atoms with Crippen molar-refractivity contribution in [2.75, 3.05) is 6.61 Å². The Morgan fingerprint density at radius 2 is 1.69 bits per heavy atom. The average Bonchev–Trinajstić information content (AvgIpc) is 2.12. The lowest BCUT2D eigenvalue weighted by molar-refractivity contribution is 0.173. The lowest BCUT2D eigenvalue weighted by Gasteiger charge is -2.25. The molecule has 76 valence electrons. The molecule has 0 heterocycles. The molecule has 2 heteroatoms. The number of aliphatic hydroxyl groups is 2. The first-order valence-electron chi connectivity index (χ1n) is 4.59. The van der Waals surface area contributed by atoms with Crippen LogP contribution in [0, 0.1) is 17.8 Å². The van der Waals surface area contributed by atoms with Gasteiger partial charge in [0, 0.05) is 6.61 Å². The van der Waals surface area contributed by atoms with E-state index in [1.54, 1.807) is 0 Å². The summed E-state index contributed by atoms with van der Waals surface area (Å²) in [7, 11) is 0. The molecule has 2 N–H and O–H groups in total. The SMILES string of the molecule is C=C(O)C(=C)[C@@H](C)[C@@H](C)[C@H](C)CO. The van der Waals surface area contributed by atoms with Gasteiger partial charge in [-0.25, -0.2) is 0 Å². The number of rotatable bonds is 5. The second-order valence-electron chi connectivity index (χ2n) is 3.78. The zero-order chi connectivity index (χ0) is 10.6.